The number of amides is 1. The molecular formula is C19H22N6O. The minimum Gasteiger partial charge on any atom is -0.330 e. The van der Waals surface area contributed by atoms with Crippen LogP contribution in [0.25, 0.3) is 5.65 Å². The van der Waals surface area contributed by atoms with Crippen molar-refractivity contribution in [2.24, 2.45) is 0 Å². The van der Waals surface area contributed by atoms with Gasteiger partial charge in [-0.1, -0.05) is 6.07 Å². The lowest BCUT2D eigenvalue weighted by atomic mass is 10.1. The highest BCUT2D eigenvalue weighted by Gasteiger charge is 2.33. The van der Waals surface area contributed by atoms with Crippen molar-refractivity contribution in [2.45, 2.75) is 25.4 Å². The molecular weight excluding hydrogens is 328 g/mol. The molecule has 26 heavy (non-hydrogen) atoms. The molecule has 1 amide bonds. The average molecular weight is 350 g/mol. The first-order chi connectivity index (χ1) is 12.6. The summed E-state index contributed by atoms with van der Waals surface area (Å²) >= 11 is 0. The molecule has 1 aliphatic heterocycles. The Kier molecular flexibility index (Phi) is 4.38. The minimum atomic E-state index is -0.0274. The average Bonchev–Trinajstić information content (AvgIpc) is 3.28. The summed E-state index contributed by atoms with van der Waals surface area (Å²) in [6.45, 7) is 1.59. The lowest BCUT2D eigenvalue weighted by molar-refractivity contribution is 0.0734. The van der Waals surface area contributed by atoms with Crippen LogP contribution < -0.4 is 0 Å². The van der Waals surface area contributed by atoms with Crippen LogP contribution in [0.4, 0.5) is 0 Å². The van der Waals surface area contributed by atoms with E-state index in [1.54, 1.807) is 29.2 Å². The van der Waals surface area contributed by atoms with Crippen LogP contribution in [0.2, 0.25) is 0 Å². The molecule has 0 bridgehead atoms. The van der Waals surface area contributed by atoms with E-state index in [0.29, 0.717) is 11.2 Å². The van der Waals surface area contributed by atoms with Crippen LogP contribution in [0.3, 0.4) is 0 Å². The molecule has 4 rings (SSSR count). The lowest BCUT2D eigenvalue weighted by Gasteiger charge is -2.24. The number of nitrogens with zero attached hydrogens (tertiary/aromatic N) is 6. The molecule has 1 atom stereocenters. The molecule has 1 saturated heterocycles. The lowest BCUT2D eigenvalue weighted by Crippen LogP contribution is -2.31. The largest absolute Gasteiger partial charge is 0.330 e. The zero-order chi connectivity index (χ0) is 18.1. The zero-order valence-electron chi connectivity index (χ0n) is 15.0. The molecule has 0 aromatic carbocycles. The predicted molar refractivity (Wildman–Crippen MR) is 97.6 cm³/mol. The highest BCUT2D eigenvalue weighted by atomic mass is 16.2. The Labute approximate surface area is 152 Å². The first-order valence-electron chi connectivity index (χ1n) is 8.82. The summed E-state index contributed by atoms with van der Waals surface area (Å²) < 4.78 is 1.63. The van der Waals surface area contributed by atoms with Gasteiger partial charge in [0.15, 0.2) is 5.65 Å². The maximum atomic E-state index is 13.1. The fraction of sp³-hybridized carbons (Fsp3) is 0.368. The number of fused-ring (bicyclic) bond motifs is 1. The number of aromatic nitrogens is 4. The first kappa shape index (κ1) is 16.7. The Morgan fingerprint density at radius 3 is 2.92 bits per heavy atom. The molecule has 3 aromatic rings. The van der Waals surface area contributed by atoms with Crippen molar-refractivity contribution in [3.63, 3.8) is 0 Å². The van der Waals surface area contributed by atoms with E-state index in [9.17, 15) is 4.79 Å². The fourth-order valence-corrected chi connectivity index (χ4v) is 3.54. The number of hydrogen-bond acceptors (Lipinski definition) is 5. The van der Waals surface area contributed by atoms with Gasteiger partial charge in [0.1, 0.15) is 5.56 Å². The predicted octanol–water partition coefficient (Wildman–Crippen LogP) is 2.16. The molecule has 4 heterocycles. The van der Waals surface area contributed by atoms with E-state index in [-0.39, 0.29) is 11.9 Å². The number of pyridine rings is 1. The molecule has 1 unspecified atom stereocenters. The van der Waals surface area contributed by atoms with Gasteiger partial charge in [0.05, 0.1) is 17.9 Å². The second-order valence-corrected chi connectivity index (χ2v) is 6.93. The van der Waals surface area contributed by atoms with E-state index in [4.69, 9.17) is 0 Å². The normalized spacial score (nSPS) is 17.3. The number of carbonyl (C=O) groups excluding carboxylic acids is 1. The second kappa shape index (κ2) is 6.84. The summed E-state index contributed by atoms with van der Waals surface area (Å²) in [7, 11) is 4.07. The maximum absolute atomic E-state index is 13.1. The SMILES string of the molecule is CN(C)Cc1ccc(C2CCCN2C(=O)c2cnn3cccnc23)nc1. The Balaban J connectivity index is 1.59. The highest BCUT2D eigenvalue weighted by molar-refractivity contribution is 5.99. The molecule has 7 heteroatoms. The van der Waals surface area contributed by atoms with Gasteiger partial charge in [-0.2, -0.15) is 5.10 Å². The Hall–Kier alpha value is -2.80. The van der Waals surface area contributed by atoms with Gasteiger partial charge in [0.2, 0.25) is 0 Å². The number of rotatable bonds is 4. The summed E-state index contributed by atoms with van der Waals surface area (Å²) in [5.41, 5.74) is 3.25. The van der Waals surface area contributed by atoms with Crippen molar-refractivity contribution in [3.05, 3.63) is 59.8 Å². The standard InChI is InChI=1S/C19H22N6O/c1-23(2)13-14-6-7-16(21-11-14)17-5-3-9-24(17)19(26)15-12-22-25-10-4-8-20-18(15)25/h4,6-8,10-12,17H,3,5,9,13H2,1-2H3. The zero-order valence-corrected chi connectivity index (χ0v) is 15.0. The van der Waals surface area contributed by atoms with Crippen LogP contribution in [-0.2, 0) is 6.54 Å². The first-order valence-corrected chi connectivity index (χ1v) is 8.82. The molecule has 7 nitrogen and oxygen atoms in total. The molecule has 1 fully saturated rings. The van der Waals surface area contributed by atoms with E-state index >= 15 is 0 Å². The monoisotopic (exact) mass is 350 g/mol. The van der Waals surface area contributed by atoms with E-state index in [1.165, 1.54) is 5.56 Å². The van der Waals surface area contributed by atoms with Crippen LogP contribution in [0.5, 0.6) is 0 Å². The van der Waals surface area contributed by atoms with Crippen LogP contribution in [0.1, 0.15) is 40.5 Å². The Morgan fingerprint density at radius 1 is 1.27 bits per heavy atom. The van der Waals surface area contributed by atoms with Gasteiger partial charge in [-0.3, -0.25) is 9.78 Å². The van der Waals surface area contributed by atoms with Crippen molar-refractivity contribution in [1.29, 1.82) is 0 Å². The number of likely N-dealkylation sites (tertiary alicyclic amines) is 1. The highest BCUT2D eigenvalue weighted by Crippen LogP contribution is 2.32. The van der Waals surface area contributed by atoms with E-state index in [0.717, 1.165) is 31.6 Å². The smallest absolute Gasteiger partial charge is 0.259 e. The Morgan fingerprint density at radius 2 is 2.15 bits per heavy atom. The topological polar surface area (TPSA) is 66.6 Å². The van der Waals surface area contributed by atoms with E-state index in [1.807, 2.05) is 31.3 Å². The fourth-order valence-electron chi connectivity index (χ4n) is 3.54. The van der Waals surface area contributed by atoms with Gasteiger partial charge in [0, 0.05) is 31.7 Å². The summed E-state index contributed by atoms with van der Waals surface area (Å²) in [6.07, 6.45) is 8.90. The number of carbonyl (C=O) groups is 1. The van der Waals surface area contributed by atoms with Gasteiger partial charge in [-0.25, -0.2) is 9.50 Å². The second-order valence-electron chi connectivity index (χ2n) is 6.93. The number of hydrogen-bond donors (Lipinski definition) is 0. The summed E-state index contributed by atoms with van der Waals surface area (Å²) in [4.78, 5) is 26.1. The van der Waals surface area contributed by atoms with Crippen molar-refractivity contribution in [1.82, 2.24) is 29.4 Å². The van der Waals surface area contributed by atoms with Crippen LogP contribution in [-0.4, -0.2) is 55.9 Å². The van der Waals surface area contributed by atoms with Gasteiger partial charge in [-0.15, -0.1) is 0 Å². The summed E-state index contributed by atoms with van der Waals surface area (Å²) in [5, 5.41) is 4.23. The molecule has 3 aromatic heterocycles. The van der Waals surface area contributed by atoms with E-state index < -0.39 is 0 Å². The third-order valence-electron chi connectivity index (χ3n) is 4.71. The summed E-state index contributed by atoms with van der Waals surface area (Å²) in [6, 6.07) is 5.95. The minimum absolute atomic E-state index is 0.00886. The summed E-state index contributed by atoms with van der Waals surface area (Å²) in [5.74, 6) is -0.0274. The van der Waals surface area contributed by atoms with Crippen molar-refractivity contribution in [3.8, 4) is 0 Å². The third kappa shape index (κ3) is 3.06. The van der Waals surface area contributed by atoms with E-state index in [2.05, 4.69) is 26.0 Å². The van der Waals surface area contributed by atoms with Crippen LogP contribution >= 0.6 is 0 Å². The van der Waals surface area contributed by atoms with Gasteiger partial charge < -0.3 is 9.80 Å². The maximum Gasteiger partial charge on any atom is 0.259 e. The van der Waals surface area contributed by atoms with Gasteiger partial charge in [-0.05, 0) is 44.6 Å². The van der Waals surface area contributed by atoms with Gasteiger partial charge in [0.25, 0.3) is 5.91 Å². The molecule has 0 N–H and O–H groups in total. The molecule has 0 aliphatic carbocycles. The molecule has 1 aliphatic rings. The van der Waals surface area contributed by atoms with Crippen molar-refractivity contribution >= 4 is 11.6 Å². The van der Waals surface area contributed by atoms with Crippen LogP contribution in [0.15, 0.2) is 43.0 Å². The Bertz CT molecular complexity index is 917. The molecule has 0 spiro atoms. The molecule has 134 valence electrons. The van der Waals surface area contributed by atoms with Crippen molar-refractivity contribution in [2.75, 3.05) is 20.6 Å². The van der Waals surface area contributed by atoms with Crippen LogP contribution in [0, 0.1) is 0 Å². The van der Waals surface area contributed by atoms with Crippen molar-refractivity contribution < 1.29 is 4.79 Å². The quantitative estimate of drug-likeness (QED) is 0.721. The molecule has 0 radical (unpaired) electrons. The third-order valence-corrected chi connectivity index (χ3v) is 4.71. The van der Waals surface area contributed by atoms with Gasteiger partial charge >= 0.3 is 0 Å². The molecule has 0 saturated carbocycles.